The van der Waals surface area contributed by atoms with E-state index in [9.17, 15) is 13.6 Å². The zero-order valence-electron chi connectivity index (χ0n) is 8.11. The van der Waals surface area contributed by atoms with E-state index in [1.54, 1.807) is 6.07 Å². The van der Waals surface area contributed by atoms with Crippen molar-refractivity contribution in [1.29, 1.82) is 0 Å². The molecule has 0 atom stereocenters. The Labute approximate surface area is 90.7 Å². The van der Waals surface area contributed by atoms with E-state index in [-0.39, 0.29) is 12.2 Å². The molecule has 1 aromatic rings. The molecule has 0 fully saturated rings. The maximum Gasteiger partial charge on any atom is 0.387 e. The predicted molar refractivity (Wildman–Crippen MR) is 52.2 cm³/mol. The van der Waals surface area contributed by atoms with E-state index in [0.717, 1.165) is 0 Å². The monoisotopic (exact) mass is 226 g/mol. The molecule has 0 amide bonds. The molecule has 1 aromatic carbocycles. The fourth-order valence-electron chi connectivity index (χ4n) is 0.972. The zero-order valence-corrected chi connectivity index (χ0v) is 8.11. The number of hydrogen-bond acceptors (Lipinski definition) is 2. The van der Waals surface area contributed by atoms with Crippen molar-refractivity contribution in [2.24, 2.45) is 0 Å². The van der Waals surface area contributed by atoms with Gasteiger partial charge in [0.05, 0.1) is 0 Å². The van der Waals surface area contributed by atoms with Crippen molar-refractivity contribution >= 4 is 5.97 Å². The lowest BCUT2D eigenvalue weighted by molar-refractivity contribution is -0.135. The molecule has 84 valence electrons. The molecule has 0 bridgehead atoms. The zero-order chi connectivity index (χ0) is 12.0. The second kappa shape index (κ2) is 5.71. The number of alkyl halides is 2. The lowest BCUT2D eigenvalue weighted by Gasteiger charge is -2.03. The van der Waals surface area contributed by atoms with Crippen LogP contribution < -0.4 is 4.74 Å². The van der Waals surface area contributed by atoms with Gasteiger partial charge >= 0.3 is 12.6 Å². The third kappa shape index (κ3) is 4.42. The highest BCUT2D eigenvalue weighted by Gasteiger charge is 2.03. The predicted octanol–water partition coefficient (Wildman–Crippen LogP) is 2.11. The van der Waals surface area contributed by atoms with Crippen LogP contribution in [0.15, 0.2) is 24.3 Å². The number of carboxylic acids is 1. The molecule has 0 saturated heterocycles. The summed E-state index contributed by atoms with van der Waals surface area (Å²) in [6.07, 6.45) is -0.292. The number of rotatable bonds is 3. The van der Waals surface area contributed by atoms with E-state index in [0.29, 0.717) is 5.56 Å². The average molecular weight is 226 g/mol. The Morgan fingerprint density at radius 3 is 2.88 bits per heavy atom. The Hall–Kier alpha value is -2.09. The van der Waals surface area contributed by atoms with Gasteiger partial charge in [-0.3, -0.25) is 4.79 Å². The van der Waals surface area contributed by atoms with Gasteiger partial charge in [-0.25, -0.2) is 0 Å². The maximum absolute atomic E-state index is 11.9. The van der Waals surface area contributed by atoms with Crippen molar-refractivity contribution in [3.63, 3.8) is 0 Å². The number of carboxylic acid groups (broad SMARTS) is 1. The number of hydrogen-bond donors (Lipinski definition) is 1. The van der Waals surface area contributed by atoms with Gasteiger partial charge in [-0.05, 0) is 18.2 Å². The van der Waals surface area contributed by atoms with Crippen LogP contribution in [0.5, 0.6) is 5.75 Å². The number of aliphatic carboxylic acids is 1. The Morgan fingerprint density at radius 1 is 1.50 bits per heavy atom. The molecule has 0 aliphatic carbocycles. The molecule has 0 aromatic heterocycles. The second-order valence-electron chi connectivity index (χ2n) is 2.78. The van der Waals surface area contributed by atoms with Crippen molar-refractivity contribution < 1.29 is 23.4 Å². The van der Waals surface area contributed by atoms with Crippen LogP contribution in [-0.2, 0) is 4.79 Å². The van der Waals surface area contributed by atoms with Gasteiger partial charge < -0.3 is 9.84 Å². The molecule has 0 aliphatic rings. The third-order valence-corrected chi connectivity index (χ3v) is 1.53. The SMILES string of the molecule is O=C(O)CC#Cc1cccc(OC(F)F)c1. The van der Waals surface area contributed by atoms with Crippen molar-refractivity contribution in [1.82, 2.24) is 0 Å². The Bertz CT molecular complexity index is 432. The van der Waals surface area contributed by atoms with Gasteiger partial charge in [0.1, 0.15) is 12.2 Å². The molecule has 0 aliphatic heterocycles. The van der Waals surface area contributed by atoms with Gasteiger partial charge in [0.15, 0.2) is 0 Å². The molecule has 0 radical (unpaired) electrons. The van der Waals surface area contributed by atoms with E-state index < -0.39 is 12.6 Å². The summed E-state index contributed by atoms with van der Waals surface area (Å²) in [5.41, 5.74) is 0.430. The first kappa shape index (κ1) is 12.0. The van der Waals surface area contributed by atoms with E-state index in [1.165, 1.54) is 18.2 Å². The fourth-order valence-corrected chi connectivity index (χ4v) is 0.972. The van der Waals surface area contributed by atoms with Crippen molar-refractivity contribution in [2.75, 3.05) is 0 Å². The second-order valence-corrected chi connectivity index (χ2v) is 2.78. The quantitative estimate of drug-likeness (QED) is 0.803. The maximum atomic E-state index is 11.9. The van der Waals surface area contributed by atoms with Crippen molar-refractivity contribution in [2.45, 2.75) is 13.0 Å². The topological polar surface area (TPSA) is 46.5 Å². The van der Waals surface area contributed by atoms with Crippen LogP contribution in [0.25, 0.3) is 0 Å². The molecule has 1 rings (SSSR count). The van der Waals surface area contributed by atoms with E-state index in [1.807, 2.05) is 0 Å². The molecule has 5 heteroatoms. The number of halogens is 2. The Morgan fingerprint density at radius 2 is 2.25 bits per heavy atom. The van der Waals surface area contributed by atoms with Gasteiger partial charge in [0, 0.05) is 5.56 Å². The highest BCUT2D eigenvalue weighted by Crippen LogP contribution is 2.15. The largest absolute Gasteiger partial charge is 0.481 e. The molecular formula is C11H8F2O3. The number of benzene rings is 1. The molecule has 3 nitrogen and oxygen atoms in total. The lowest BCUT2D eigenvalue weighted by atomic mass is 10.2. The first-order chi connectivity index (χ1) is 7.58. The normalized spacial score (nSPS) is 9.44. The lowest BCUT2D eigenvalue weighted by Crippen LogP contribution is -2.01. The summed E-state index contributed by atoms with van der Waals surface area (Å²) in [6, 6.07) is 5.77. The number of ether oxygens (including phenoxy) is 1. The third-order valence-electron chi connectivity index (χ3n) is 1.53. The van der Waals surface area contributed by atoms with Crippen LogP contribution in [-0.4, -0.2) is 17.7 Å². The summed E-state index contributed by atoms with van der Waals surface area (Å²) in [5.74, 6) is 3.89. The van der Waals surface area contributed by atoms with E-state index in [4.69, 9.17) is 5.11 Å². The summed E-state index contributed by atoms with van der Waals surface area (Å²) >= 11 is 0. The van der Waals surface area contributed by atoms with Gasteiger partial charge in [-0.15, -0.1) is 0 Å². The van der Waals surface area contributed by atoms with Crippen LogP contribution in [0, 0.1) is 11.8 Å². The minimum absolute atomic E-state index is 0.00266. The van der Waals surface area contributed by atoms with Gasteiger partial charge in [-0.1, -0.05) is 17.9 Å². The summed E-state index contributed by atoms with van der Waals surface area (Å²) in [6.45, 7) is -2.89. The molecule has 0 heterocycles. The number of carbonyl (C=O) groups is 1. The Kier molecular flexibility index (Phi) is 4.28. The summed E-state index contributed by atoms with van der Waals surface area (Å²) < 4.78 is 27.9. The van der Waals surface area contributed by atoms with Gasteiger partial charge in [-0.2, -0.15) is 8.78 Å². The standard InChI is InChI=1S/C11H8F2O3/c12-11(13)16-9-5-1-3-8(7-9)4-2-6-10(14)15/h1,3,5,7,11H,6H2,(H,14,15). The smallest absolute Gasteiger partial charge is 0.387 e. The first-order valence-corrected chi connectivity index (χ1v) is 4.33. The van der Waals surface area contributed by atoms with E-state index in [2.05, 4.69) is 16.6 Å². The van der Waals surface area contributed by atoms with Gasteiger partial charge in [0.25, 0.3) is 0 Å². The fraction of sp³-hybridized carbons (Fsp3) is 0.182. The van der Waals surface area contributed by atoms with Crippen LogP contribution >= 0.6 is 0 Å². The Balaban J connectivity index is 2.73. The molecule has 1 N–H and O–H groups in total. The molecule has 0 unspecified atom stereocenters. The van der Waals surface area contributed by atoms with Crippen LogP contribution in [0.4, 0.5) is 8.78 Å². The van der Waals surface area contributed by atoms with Crippen molar-refractivity contribution in [3.05, 3.63) is 29.8 Å². The highest BCUT2D eigenvalue weighted by molar-refractivity contribution is 5.70. The summed E-state index contributed by atoms with van der Waals surface area (Å²) in [5, 5.41) is 8.34. The molecule has 0 saturated carbocycles. The van der Waals surface area contributed by atoms with Gasteiger partial charge in [0.2, 0.25) is 0 Å². The van der Waals surface area contributed by atoms with Crippen LogP contribution in [0.2, 0.25) is 0 Å². The molecular weight excluding hydrogens is 218 g/mol. The van der Waals surface area contributed by atoms with Crippen LogP contribution in [0.3, 0.4) is 0 Å². The van der Waals surface area contributed by atoms with Crippen LogP contribution in [0.1, 0.15) is 12.0 Å². The minimum Gasteiger partial charge on any atom is -0.481 e. The van der Waals surface area contributed by atoms with E-state index >= 15 is 0 Å². The average Bonchev–Trinajstić information content (AvgIpc) is 2.16. The summed E-state index contributed by atoms with van der Waals surface area (Å²) in [7, 11) is 0. The highest BCUT2D eigenvalue weighted by atomic mass is 19.3. The van der Waals surface area contributed by atoms with Crippen molar-refractivity contribution in [3.8, 4) is 17.6 Å². The first-order valence-electron chi connectivity index (χ1n) is 4.33. The minimum atomic E-state index is -2.89. The molecule has 0 spiro atoms. The summed E-state index contributed by atoms with van der Waals surface area (Å²) in [4.78, 5) is 10.2. The molecule has 16 heavy (non-hydrogen) atoms.